The molecule has 5 atom stereocenters. The van der Waals surface area contributed by atoms with Crippen LogP contribution in [0.15, 0.2) is 0 Å². The van der Waals surface area contributed by atoms with E-state index in [1.807, 2.05) is 6.92 Å². The van der Waals surface area contributed by atoms with Gasteiger partial charge < -0.3 is 9.47 Å². The van der Waals surface area contributed by atoms with E-state index in [-0.39, 0.29) is 24.3 Å². The highest BCUT2D eigenvalue weighted by atomic mass is 16.6. The van der Waals surface area contributed by atoms with Crippen LogP contribution in [0.25, 0.3) is 0 Å². The largest absolute Gasteiger partial charge is 0.460 e. The molecule has 3 heteroatoms. The highest BCUT2D eigenvalue weighted by molar-refractivity contribution is 5.66. The third-order valence-electron chi connectivity index (χ3n) is 3.28. The van der Waals surface area contributed by atoms with Gasteiger partial charge in [-0.25, -0.2) is 0 Å². The second kappa shape index (κ2) is 4.30. The zero-order valence-corrected chi connectivity index (χ0v) is 9.61. The van der Waals surface area contributed by atoms with Gasteiger partial charge in [0.1, 0.15) is 6.10 Å². The van der Waals surface area contributed by atoms with Gasteiger partial charge in [-0.2, -0.15) is 0 Å². The van der Waals surface area contributed by atoms with Crippen molar-refractivity contribution in [2.24, 2.45) is 11.8 Å². The van der Waals surface area contributed by atoms with E-state index >= 15 is 0 Å². The second-order valence-corrected chi connectivity index (χ2v) is 4.34. The Morgan fingerprint density at radius 3 is 2.14 bits per heavy atom. The topological polar surface area (TPSA) is 35.5 Å². The number of esters is 1. The molecule has 0 aliphatic carbocycles. The van der Waals surface area contributed by atoms with E-state index in [2.05, 4.69) is 20.8 Å². The van der Waals surface area contributed by atoms with Crippen molar-refractivity contribution in [2.75, 3.05) is 0 Å². The maximum Gasteiger partial charge on any atom is 0.303 e. The van der Waals surface area contributed by atoms with Gasteiger partial charge in [0.15, 0.2) is 0 Å². The fourth-order valence-electron chi connectivity index (χ4n) is 2.09. The van der Waals surface area contributed by atoms with Crippen molar-refractivity contribution in [3.05, 3.63) is 0 Å². The first-order valence-electron chi connectivity index (χ1n) is 5.26. The minimum Gasteiger partial charge on any atom is -0.460 e. The van der Waals surface area contributed by atoms with Gasteiger partial charge in [-0.1, -0.05) is 13.8 Å². The maximum atomic E-state index is 10.9. The van der Waals surface area contributed by atoms with Gasteiger partial charge in [0.05, 0.1) is 12.2 Å². The molecule has 0 N–H and O–H groups in total. The molecule has 1 aliphatic heterocycles. The lowest BCUT2D eigenvalue weighted by Gasteiger charge is -2.41. The quantitative estimate of drug-likeness (QED) is 0.607. The lowest BCUT2D eigenvalue weighted by Crippen LogP contribution is -2.48. The number of carbonyl (C=O) groups is 1. The van der Waals surface area contributed by atoms with Crippen LogP contribution in [0.5, 0.6) is 0 Å². The molecule has 3 nitrogen and oxygen atoms in total. The monoisotopic (exact) mass is 200 g/mol. The highest BCUT2D eigenvalue weighted by Crippen LogP contribution is 2.32. The molecule has 0 amide bonds. The molecule has 0 aromatic rings. The molecular formula is C11H20O3. The Bertz CT molecular complexity index is 215. The second-order valence-electron chi connectivity index (χ2n) is 4.34. The van der Waals surface area contributed by atoms with Crippen molar-refractivity contribution in [2.45, 2.75) is 52.9 Å². The summed E-state index contributed by atoms with van der Waals surface area (Å²) in [5, 5.41) is 0. The van der Waals surface area contributed by atoms with Crippen LogP contribution in [0.3, 0.4) is 0 Å². The number of ether oxygens (including phenoxy) is 2. The van der Waals surface area contributed by atoms with Gasteiger partial charge in [-0.15, -0.1) is 0 Å². The summed E-state index contributed by atoms with van der Waals surface area (Å²) >= 11 is 0. The Morgan fingerprint density at radius 2 is 1.64 bits per heavy atom. The van der Waals surface area contributed by atoms with Gasteiger partial charge in [-0.05, 0) is 19.8 Å². The Morgan fingerprint density at radius 1 is 1.07 bits per heavy atom. The van der Waals surface area contributed by atoms with Crippen LogP contribution in [0.2, 0.25) is 0 Å². The SMILES string of the molecule is CC(=O)OC1[C@H](C)OC(C)[C@@H](C)[C@@H]1C. The Kier molecular flexibility index (Phi) is 3.53. The molecular weight excluding hydrogens is 180 g/mol. The molecule has 1 heterocycles. The number of hydrogen-bond acceptors (Lipinski definition) is 3. The van der Waals surface area contributed by atoms with Crippen molar-refractivity contribution < 1.29 is 14.3 Å². The molecule has 0 spiro atoms. The molecule has 82 valence electrons. The first kappa shape index (κ1) is 11.5. The minimum atomic E-state index is -0.223. The Hall–Kier alpha value is -0.570. The minimum absolute atomic E-state index is 0.0000926. The summed E-state index contributed by atoms with van der Waals surface area (Å²) in [5.41, 5.74) is 0. The van der Waals surface area contributed by atoms with Crippen LogP contribution in [0.1, 0.15) is 34.6 Å². The highest BCUT2D eigenvalue weighted by Gasteiger charge is 2.39. The molecule has 0 bridgehead atoms. The lowest BCUT2D eigenvalue weighted by atomic mass is 9.82. The maximum absolute atomic E-state index is 10.9. The first-order valence-corrected chi connectivity index (χ1v) is 5.26. The smallest absolute Gasteiger partial charge is 0.303 e. The van der Waals surface area contributed by atoms with Crippen LogP contribution >= 0.6 is 0 Å². The van der Waals surface area contributed by atoms with Crippen molar-refractivity contribution in [3.63, 3.8) is 0 Å². The van der Waals surface area contributed by atoms with E-state index in [0.29, 0.717) is 11.8 Å². The molecule has 1 rings (SSSR count). The predicted molar refractivity (Wildman–Crippen MR) is 53.9 cm³/mol. The summed E-state index contributed by atoms with van der Waals surface area (Å²) in [5.74, 6) is 0.562. The van der Waals surface area contributed by atoms with E-state index in [1.165, 1.54) is 6.92 Å². The summed E-state index contributed by atoms with van der Waals surface area (Å²) in [4.78, 5) is 10.9. The lowest BCUT2D eigenvalue weighted by molar-refractivity contribution is -0.187. The van der Waals surface area contributed by atoms with Crippen molar-refractivity contribution in [1.29, 1.82) is 0 Å². The van der Waals surface area contributed by atoms with Crippen LogP contribution in [-0.2, 0) is 14.3 Å². The molecule has 1 aliphatic rings. The third-order valence-corrected chi connectivity index (χ3v) is 3.28. The normalized spacial score (nSPS) is 43.4. The summed E-state index contributed by atoms with van der Waals surface area (Å²) in [7, 11) is 0. The zero-order chi connectivity index (χ0) is 10.9. The van der Waals surface area contributed by atoms with Crippen LogP contribution in [-0.4, -0.2) is 24.3 Å². The van der Waals surface area contributed by atoms with Gasteiger partial charge in [0.25, 0.3) is 0 Å². The summed E-state index contributed by atoms with van der Waals surface area (Å²) in [6.45, 7) is 9.74. The van der Waals surface area contributed by atoms with Gasteiger partial charge >= 0.3 is 5.97 Å². The standard InChI is InChI=1S/C11H20O3/c1-6-7(2)11(14-10(5)12)9(4)13-8(6)3/h6-9,11H,1-5H3/t6-,7-,8?,9-,11?/m0/s1. The molecule has 14 heavy (non-hydrogen) atoms. The molecule has 1 saturated heterocycles. The summed E-state index contributed by atoms with van der Waals surface area (Å²) < 4.78 is 11.0. The average Bonchev–Trinajstić information content (AvgIpc) is 2.09. The van der Waals surface area contributed by atoms with Crippen LogP contribution < -0.4 is 0 Å². The van der Waals surface area contributed by atoms with Crippen molar-refractivity contribution in [1.82, 2.24) is 0 Å². The molecule has 0 aromatic heterocycles. The molecule has 0 radical (unpaired) electrons. The third kappa shape index (κ3) is 2.27. The average molecular weight is 200 g/mol. The van der Waals surface area contributed by atoms with E-state index in [9.17, 15) is 4.79 Å². The summed E-state index contributed by atoms with van der Waals surface area (Å²) in [6, 6.07) is 0. The zero-order valence-electron chi connectivity index (χ0n) is 9.61. The predicted octanol–water partition coefficient (Wildman–Crippen LogP) is 2.00. The first-order chi connectivity index (χ1) is 6.43. The number of rotatable bonds is 1. The van der Waals surface area contributed by atoms with Crippen molar-refractivity contribution in [3.8, 4) is 0 Å². The Balaban J connectivity index is 2.68. The van der Waals surface area contributed by atoms with E-state index < -0.39 is 0 Å². The molecule has 1 fully saturated rings. The molecule has 2 unspecified atom stereocenters. The summed E-state index contributed by atoms with van der Waals surface area (Å²) in [6.07, 6.45) is 0.144. The van der Waals surface area contributed by atoms with E-state index in [0.717, 1.165) is 0 Å². The molecule has 0 aromatic carbocycles. The van der Waals surface area contributed by atoms with Gasteiger partial charge in [0, 0.05) is 12.8 Å². The van der Waals surface area contributed by atoms with Crippen LogP contribution in [0, 0.1) is 11.8 Å². The van der Waals surface area contributed by atoms with E-state index in [4.69, 9.17) is 9.47 Å². The van der Waals surface area contributed by atoms with Gasteiger partial charge in [-0.3, -0.25) is 4.79 Å². The number of carbonyl (C=O) groups excluding carboxylic acids is 1. The Labute approximate surface area is 85.8 Å². The van der Waals surface area contributed by atoms with Crippen LogP contribution in [0.4, 0.5) is 0 Å². The fraction of sp³-hybridized carbons (Fsp3) is 0.909. The number of hydrogen-bond donors (Lipinski definition) is 0. The molecule has 0 saturated carbocycles. The van der Waals surface area contributed by atoms with Gasteiger partial charge in [0.2, 0.25) is 0 Å². The fourth-order valence-corrected chi connectivity index (χ4v) is 2.09. The van der Waals surface area contributed by atoms with E-state index in [1.54, 1.807) is 0 Å². The van der Waals surface area contributed by atoms with Crippen molar-refractivity contribution >= 4 is 5.97 Å².